The monoisotopic (exact) mass is 379 g/mol. The summed E-state index contributed by atoms with van der Waals surface area (Å²) in [5.41, 5.74) is 4.55. The number of rotatable bonds is 6. The van der Waals surface area contributed by atoms with Crippen LogP contribution in [0.25, 0.3) is 0 Å². The number of nitrogens with one attached hydrogen (secondary N) is 1. The van der Waals surface area contributed by atoms with Gasteiger partial charge in [-0.15, -0.1) is 0 Å². The van der Waals surface area contributed by atoms with E-state index in [0.29, 0.717) is 17.3 Å². The van der Waals surface area contributed by atoms with Gasteiger partial charge in [0.05, 0.1) is 5.25 Å². The second-order valence-corrected chi connectivity index (χ2v) is 7.21. The molecule has 2 aromatic rings. The number of thioether (sulfide) groups is 1. The molecule has 2 heterocycles. The molecule has 2 rings (SSSR count). The van der Waals surface area contributed by atoms with Crippen molar-refractivity contribution in [2.75, 3.05) is 5.73 Å². The maximum Gasteiger partial charge on any atom is 0.332 e. The van der Waals surface area contributed by atoms with Crippen LogP contribution in [0.3, 0.4) is 0 Å². The van der Waals surface area contributed by atoms with Crippen molar-refractivity contribution in [2.24, 2.45) is 14.1 Å². The molecule has 0 saturated carbocycles. The highest BCUT2D eigenvalue weighted by Crippen LogP contribution is 2.22. The van der Waals surface area contributed by atoms with Gasteiger partial charge in [0.25, 0.3) is 11.1 Å². The van der Waals surface area contributed by atoms with Gasteiger partial charge in [-0.25, -0.2) is 9.78 Å². The van der Waals surface area contributed by atoms with E-state index in [-0.39, 0.29) is 16.9 Å². The van der Waals surface area contributed by atoms with E-state index in [4.69, 9.17) is 5.73 Å². The molecule has 9 nitrogen and oxygen atoms in total. The normalized spacial score (nSPS) is 12.2. The molecule has 0 unspecified atom stereocenters. The Balaban J connectivity index is 2.39. The van der Waals surface area contributed by atoms with Crippen LogP contribution >= 0.6 is 11.8 Å². The standard InChI is InChI=1S/C16H21N5O4S/c1-5-6-9-7-10(22)19-15(18-9)26-8(2)12(23)11-13(17)20(3)16(25)21(4)14(11)24/h7-8H,5-6,17H2,1-4H3,(H,18,19,22)/t8-/m0/s1. The maximum absolute atomic E-state index is 12.8. The summed E-state index contributed by atoms with van der Waals surface area (Å²) in [5, 5.41) is -0.440. The van der Waals surface area contributed by atoms with Gasteiger partial charge in [0.15, 0.2) is 10.9 Å². The number of hydrogen-bond acceptors (Lipinski definition) is 7. The summed E-state index contributed by atoms with van der Waals surface area (Å²) in [4.78, 5) is 55.6. The number of Topliss-reactive ketones (excluding diaryl/α,β-unsaturated/α-hetero) is 1. The largest absolute Gasteiger partial charge is 0.384 e. The van der Waals surface area contributed by atoms with Crippen molar-refractivity contribution in [3.8, 4) is 0 Å². The first kappa shape index (κ1) is 19.7. The van der Waals surface area contributed by atoms with Gasteiger partial charge in [-0.3, -0.25) is 23.5 Å². The van der Waals surface area contributed by atoms with Crippen molar-refractivity contribution < 1.29 is 4.79 Å². The molecular weight excluding hydrogens is 358 g/mol. The lowest BCUT2D eigenvalue weighted by atomic mass is 10.1. The molecule has 0 aliphatic heterocycles. The van der Waals surface area contributed by atoms with Gasteiger partial charge in [-0.2, -0.15) is 0 Å². The van der Waals surface area contributed by atoms with E-state index >= 15 is 0 Å². The fourth-order valence-corrected chi connectivity index (χ4v) is 3.33. The number of aromatic amines is 1. The number of H-pyrrole nitrogens is 1. The lowest BCUT2D eigenvalue weighted by Crippen LogP contribution is -2.42. The number of carbonyl (C=O) groups is 1. The molecule has 0 saturated heterocycles. The molecule has 0 aliphatic rings. The van der Waals surface area contributed by atoms with Crippen LogP contribution in [0.1, 0.15) is 36.3 Å². The minimum Gasteiger partial charge on any atom is -0.384 e. The summed E-state index contributed by atoms with van der Waals surface area (Å²) >= 11 is 1.03. The van der Waals surface area contributed by atoms with Crippen molar-refractivity contribution in [2.45, 2.75) is 37.1 Å². The molecule has 1 atom stereocenters. The predicted octanol–water partition coefficient (Wildman–Crippen LogP) is 0.0655. The number of anilines is 1. The van der Waals surface area contributed by atoms with Crippen LogP contribution < -0.4 is 22.5 Å². The molecule has 0 fully saturated rings. The highest BCUT2D eigenvalue weighted by atomic mass is 32.2. The molecule has 10 heteroatoms. The number of hydrogen-bond donors (Lipinski definition) is 2. The molecule has 2 aromatic heterocycles. The Morgan fingerprint density at radius 2 is 1.96 bits per heavy atom. The zero-order valence-corrected chi connectivity index (χ0v) is 15.8. The van der Waals surface area contributed by atoms with Crippen LogP contribution in [-0.2, 0) is 20.5 Å². The first-order valence-corrected chi connectivity index (χ1v) is 8.91. The number of aryl methyl sites for hydroxylation is 1. The fraction of sp³-hybridized carbons (Fsp3) is 0.438. The molecule has 26 heavy (non-hydrogen) atoms. The van der Waals surface area contributed by atoms with Crippen LogP contribution in [0.5, 0.6) is 0 Å². The van der Waals surface area contributed by atoms with Crippen LogP contribution in [-0.4, -0.2) is 30.1 Å². The minimum absolute atomic E-state index is 0.184. The number of aromatic nitrogens is 4. The number of ketones is 1. The second-order valence-electron chi connectivity index (χ2n) is 5.88. The van der Waals surface area contributed by atoms with Crippen molar-refractivity contribution in [3.63, 3.8) is 0 Å². The first-order chi connectivity index (χ1) is 12.2. The summed E-state index contributed by atoms with van der Waals surface area (Å²) in [6.45, 7) is 3.56. The molecule has 3 N–H and O–H groups in total. The summed E-state index contributed by atoms with van der Waals surface area (Å²) in [6, 6.07) is 1.42. The predicted molar refractivity (Wildman–Crippen MR) is 99.8 cm³/mol. The van der Waals surface area contributed by atoms with Crippen molar-refractivity contribution in [1.82, 2.24) is 19.1 Å². The van der Waals surface area contributed by atoms with Crippen LogP contribution in [0.2, 0.25) is 0 Å². The molecular formula is C16H21N5O4S. The van der Waals surface area contributed by atoms with Gasteiger partial charge in [-0.1, -0.05) is 25.1 Å². The van der Waals surface area contributed by atoms with E-state index in [1.807, 2.05) is 6.92 Å². The van der Waals surface area contributed by atoms with Gasteiger partial charge in [-0.05, 0) is 13.3 Å². The Bertz CT molecular complexity index is 1020. The molecule has 0 bridgehead atoms. The molecule has 0 aliphatic carbocycles. The molecule has 0 radical (unpaired) electrons. The lowest BCUT2D eigenvalue weighted by Gasteiger charge is -2.14. The average molecular weight is 379 g/mol. The first-order valence-electron chi connectivity index (χ1n) is 8.04. The van der Waals surface area contributed by atoms with Gasteiger partial charge >= 0.3 is 5.69 Å². The SMILES string of the molecule is CCCc1cc(=O)[nH]c(S[C@@H](C)C(=O)c2c(N)n(C)c(=O)n(C)c2=O)n1. The highest BCUT2D eigenvalue weighted by molar-refractivity contribution is 8.00. The maximum atomic E-state index is 12.8. The van der Waals surface area contributed by atoms with E-state index in [1.165, 1.54) is 20.2 Å². The van der Waals surface area contributed by atoms with E-state index in [0.717, 1.165) is 27.3 Å². The number of nitrogens with two attached hydrogens (primary N) is 1. The molecule has 0 aromatic carbocycles. The number of nitrogen functional groups attached to an aromatic ring is 1. The second kappa shape index (κ2) is 7.73. The van der Waals surface area contributed by atoms with Gasteiger partial charge in [0, 0.05) is 25.9 Å². The van der Waals surface area contributed by atoms with E-state index < -0.39 is 22.3 Å². The van der Waals surface area contributed by atoms with Gasteiger partial charge < -0.3 is 10.7 Å². The van der Waals surface area contributed by atoms with Crippen molar-refractivity contribution in [3.05, 3.63) is 48.5 Å². The number of nitrogens with zero attached hydrogens (tertiary/aromatic N) is 3. The van der Waals surface area contributed by atoms with E-state index in [2.05, 4.69) is 9.97 Å². The van der Waals surface area contributed by atoms with Crippen molar-refractivity contribution in [1.29, 1.82) is 0 Å². The summed E-state index contributed by atoms with van der Waals surface area (Å²) in [6.07, 6.45) is 1.48. The van der Waals surface area contributed by atoms with Crippen molar-refractivity contribution >= 4 is 23.4 Å². The Kier molecular flexibility index (Phi) is 5.86. The quantitative estimate of drug-likeness (QED) is 0.412. The Morgan fingerprint density at radius 1 is 1.31 bits per heavy atom. The van der Waals surface area contributed by atoms with Crippen LogP contribution in [0, 0.1) is 0 Å². The van der Waals surface area contributed by atoms with Gasteiger partial charge in [0.1, 0.15) is 11.4 Å². The average Bonchev–Trinajstić information content (AvgIpc) is 2.58. The Hall–Kier alpha value is -2.62. The Labute approximate surface area is 153 Å². The molecule has 0 spiro atoms. The van der Waals surface area contributed by atoms with Gasteiger partial charge in [0.2, 0.25) is 0 Å². The highest BCUT2D eigenvalue weighted by Gasteiger charge is 2.26. The third kappa shape index (κ3) is 3.79. The zero-order valence-electron chi connectivity index (χ0n) is 15.0. The van der Waals surface area contributed by atoms with Crippen LogP contribution in [0.15, 0.2) is 25.6 Å². The smallest absolute Gasteiger partial charge is 0.332 e. The Morgan fingerprint density at radius 3 is 2.58 bits per heavy atom. The molecule has 0 amide bonds. The lowest BCUT2D eigenvalue weighted by molar-refractivity contribution is 0.0992. The number of carbonyl (C=O) groups excluding carboxylic acids is 1. The van der Waals surface area contributed by atoms with Crippen LogP contribution in [0.4, 0.5) is 5.82 Å². The third-order valence-electron chi connectivity index (χ3n) is 3.89. The zero-order chi connectivity index (χ0) is 19.6. The molecule has 140 valence electrons. The summed E-state index contributed by atoms with van der Waals surface area (Å²) in [5.74, 6) is -0.719. The topological polar surface area (TPSA) is 133 Å². The minimum atomic E-state index is -0.746. The van der Waals surface area contributed by atoms with E-state index in [1.54, 1.807) is 6.92 Å². The van der Waals surface area contributed by atoms with E-state index in [9.17, 15) is 19.2 Å². The summed E-state index contributed by atoms with van der Waals surface area (Å²) in [7, 11) is 2.67. The fourth-order valence-electron chi connectivity index (χ4n) is 2.44. The third-order valence-corrected chi connectivity index (χ3v) is 4.88. The summed E-state index contributed by atoms with van der Waals surface area (Å²) < 4.78 is 1.89.